The molecule has 36 heavy (non-hydrogen) atoms. The average Bonchev–Trinajstić information content (AvgIpc) is 3.41. The third-order valence-electron chi connectivity index (χ3n) is 5.98. The van der Waals surface area contributed by atoms with Crippen molar-refractivity contribution in [1.29, 1.82) is 0 Å². The Morgan fingerprint density at radius 1 is 0.611 bits per heavy atom. The molecule has 0 aliphatic heterocycles. The molecule has 0 unspecified atom stereocenters. The van der Waals surface area contributed by atoms with Gasteiger partial charge in [0.2, 0.25) is 0 Å². The Labute approximate surface area is 237 Å². The van der Waals surface area contributed by atoms with Crippen LogP contribution in [0.4, 0.5) is 11.4 Å². The van der Waals surface area contributed by atoms with Crippen molar-refractivity contribution in [2.24, 2.45) is 14.1 Å². The SMILES string of the molecule is CC.CC.Cc1cc2nc(-c3ccc4c(c3)nc(-c3ccc(N)c(N)c3)n4C)n(C)c2cc1C.II. The van der Waals surface area contributed by atoms with Crippen molar-refractivity contribution in [1.82, 2.24) is 19.1 Å². The lowest BCUT2D eigenvalue weighted by atomic mass is 10.1. The van der Waals surface area contributed by atoms with Gasteiger partial charge < -0.3 is 20.6 Å². The smallest absolute Gasteiger partial charge is 0.140 e. The summed E-state index contributed by atoms with van der Waals surface area (Å²) in [6.45, 7) is 12.3. The fourth-order valence-electron chi connectivity index (χ4n) is 4.02. The molecule has 0 radical (unpaired) electrons. The summed E-state index contributed by atoms with van der Waals surface area (Å²) in [5, 5.41) is 0. The van der Waals surface area contributed by atoms with Crippen LogP contribution in [0.2, 0.25) is 0 Å². The van der Waals surface area contributed by atoms with Gasteiger partial charge in [-0.1, -0.05) is 27.7 Å². The second-order valence-electron chi connectivity index (χ2n) is 7.96. The van der Waals surface area contributed by atoms with Gasteiger partial charge in [-0.25, -0.2) is 9.97 Å². The Morgan fingerprint density at radius 2 is 1.08 bits per heavy atom. The predicted octanol–water partition coefficient (Wildman–Crippen LogP) is 8.40. The fourth-order valence-corrected chi connectivity index (χ4v) is 4.02. The van der Waals surface area contributed by atoms with Crippen molar-refractivity contribution in [3.8, 4) is 22.8 Å². The van der Waals surface area contributed by atoms with E-state index in [9.17, 15) is 0 Å². The number of nitrogens with zero attached hydrogens (tertiary/aromatic N) is 4. The van der Waals surface area contributed by atoms with Crippen molar-refractivity contribution in [2.45, 2.75) is 41.5 Å². The summed E-state index contributed by atoms with van der Waals surface area (Å²) in [7, 11) is 4.07. The van der Waals surface area contributed by atoms with Gasteiger partial charge in [0.1, 0.15) is 11.6 Å². The summed E-state index contributed by atoms with van der Waals surface area (Å²) < 4.78 is 4.22. The second kappa shape index (κ2) is 13.3. The van der Waals surface area contributed by atoms with Gasteiger partial charge in [-0.3, -0.25) is 0 Å². The van der Waals surface area contributed by atoms with Crippen molar-refractivity contribution >= 4 is 70.7 Å². The van der Waals surface area contributed by atoms with Gasteiger partial charge in [0.05, 0.1) is 33.4 Å². The van der Waals surface area contributed by atoms with Crippen LogP contribution < -0.4 is 11.5 Å². The minimum Gasteiger partial charge on any atom is -0.397 e. The van der Waals surface area contributed by atoms with Crippen LogP contribution in [0.25, 0.3) is 44.8 Å². The van der Waals surface area contributed by atoms with Crippen molar-refractivity contribution in [2.75, 3.05) is 11.5 Å². The van der Waals surface area contributed by atoms with E-state index in [2.05, 4.69) is 97.6 Å². The molecule has 0 aliphatic carbocycles. The van der Waals surface area contributed by atoms with Gasteiger partial charge in [0.25, 0.3) is 0 Å². The van der Waals surface area contributed by atoms with Crippen LogP contribution in [0.1, 0.15) is 38.8 Å². The van der Waals surface area contributed by atoms with Crippen LogP contribution in [0, 0.1) is 13.8 Å². The molecule has 2 heterocycles. The van der Waals surface area contributed by atoms with Gasteiger partial charge >= 0.3 is 0 Å². The number of rotatable bonds is 2. The lowest BCUT2D eigenvalue weighted by Crippen LogP contribution is -1.97. The number of fused-ring (bicyclic) bond motifs is 2. The van der Waals surface area contributed by atoms with Gasteiger partial charge in [0.15, 0.2) is 0 Å². The normalized spacial score (nSPS) is 10.2. The monoisotopic (exact) mass is 710 g/mol. The Balaban J connectivity index is 0.000000710. The summed E-state index contributed by atoms with van der Waals surface area (Å²) in [6.07, 6.45) is 0. The molecule has 2 aromatic heterocycles. The standard InChI is InChI=1S/C24H24N6.2C2H6.I2/c1-13-9-19-22(10-14(13)2)30(4)24(27-19)16-6-8-21-20(12-16)28-23(29(21)3)15-5-7-17(25)18(26)11-15;3*1-2/h5-12H,25-26H2,1-4H3;2*1-2H3;. The third kappa shape index (κ3) is 5.80. The lowest BCUT2D eigenvalue weighted by Gasteiger charge is -2.05. The Kier molecular flexibility index (Phi) is 11.0. The zero-order valence-electron chi connectivity index (χ0n) is 22.3. The minimum atomic E-state index is 0.561. The molecule has 192 valence electrons. The molecule has 8 heteroatoms. The minimum absolute atomic E-state index is 0.561. The van der Waals surface area contributed by atoms with Crippen LogP contribution in [-0.4, -0.2) is 19.1 Å². The zero-order chi connectivity index (χ0) is 27.2. The highest BCUT2D eigenvalue weighted by Crippen LogP contribution is 2.31. The molecule has 0 bridgehead atoms. The number of imidazole rings is 2. The molecular weight excluding hydrogens is 674 g/mol. The van der Waals surface area contributed by atoms with E-state index in [4.69, 9.17) is 21.4 Å². The average molecular weight is 710 g/mol. The van der Waals surface area contributed by atoms with Crippen LogP contribution in [-0.2, 0) is 14.1 Å². The van der Waals surface area contributed by atoms with E-state index in [0.717, 1.165) is 44.8 Å². The quantitative estimate of drug-likeness (QED) is 0.142. The molecule has 0 aliphatic rings. The number of benzene rings is 3. The molecule has 0 saturated heterocycles. The summed E-state index contributed by atoms with van der Waals surface area (Å²) in [5.41, 5.74) is 21.6. The first-order valence-corrected chi connectivity index (χ1v) is 18.3. The predicted molar refractivity (Wildman–Crippen MR) is 175 cm³/mol. The van der Waals surface area contributed by atoms with Gasteiger partial charge in [-0.15, -0.1) is 0 Å². The molecular formula is C28H36I2N6. The molecule has 5 rings (SSSR count). The van der Waals surface area contributed by atoms with E-state index < -0.39 is 0 Å². The number of aromatic nitrogens is 4. The number of nitrogens with two attached hydrogens (primary N) is 2. The highest BCUT2D eigenvalue weighted by atomic mass is 128. The molecule has 5 aromatic rings. The molecule has 0 amide bonds. The van der Waals surface area contributed by atoms with Crippen molar-refractivity contribution < 1.29 is 0 Å². The molecule has 6 nitrogen and oxygen atoms in total. The third-order valence-corrected chi connectivity index (χ3v) is 5.98. The first-order valence-electron chi connectivity index (χ1n) is 12.0. The molecule has 3 aromatic carbocycles. The van der Waals surface area contributed by atoms with Crippen LogP contribution >= 0.6 is 37.2 Å². The number of anilines is 2. The van der Waals surface area contributed by atoms with E-state index in [0.29, 0.717) is 11.4 Å². The second-order valence-corrected chi connectivity index (χ2v) is 7.96. The topological polar surface area (TPSA) is 87.7 Å². The zero-order valence-corrected chi connectivity index (χ0v) is 26.6. The molecule has 0 spiro atoms. The van der Waals surface area contributed by atoms with Gasteiger partial charge in [0, 0.05) is 62.5 Å². The maximum atomic E-state index is 6.00. The number of hydrogen-bond donors (Lipinski definition) is 2. The van der Waals surface area contributed by atoms with E-state index in [1.807, 2.05) is 52.9 Å². The van der Waals surface area contributed by atoms with Crippen LogP contribution in [0.5, 0.6) is 0 Å². The Morgan fingerprint density at radius 3 is 1.67 bits per heavy atom. The number of halogens is 2. The number of nitrogen functional groups attached to an aromatic ring is 2. The summed E-state index contributed by atoms with van der Waals surface area (Å²) in [5.74, 6) is 1.78. The van der Waals surface area contributed by atoms with E-state index in [1.54, 1.807) is 0 Å². The Hall–Kier alpha value is -2.34. The number of hydrogen-bond acceptors (Lipinski definition) is 4. The van der Waals surface area contributed by atoms with Crippen molar-refractivity contribution in [3.05, 3.63) is 59.7 Å². The van der Waals surface area contributed by atoms with E-state index in [-0.39, 0.29) is 0 Å². The summed E-state index contributed by atoms with van der Waals surface area (Å²) in [4.78, 5) is 9.78. The van der Waals surface area contributed by atoms with E-state index in [1.165, 1.54) is 11.1 Å². The summed E-state index contributed by atoms with van der Waals surface area (Å²) >= 11 is 4.24. The maximum Gasteiger partial charge on any atom is 0.140 e. The highest BCUT2D eigenvalue weighted by molar-refractivity contribution is 15.0. The summed E-state index contributed by atoms with van der Waals surface area (Å²) in [6, 6.07) is 16.3. The first-order chi connectivity index (χ1) is 17.3. The maximum absolute atomic E-state index is 6.00. The number of aryl methyl sites for hydroxylation is 4. The Bertz CT molecular complexity index is 1470. The molecule has 0 fully saturated rings. The highest BCUT2D eigenvalue weighted by Gasteiger charge is 2.15. The van der Waals surface area contributed by atoms with Gasteiger partial charge in [-0.2, -0.15) is 0 Å². The lowest BCUT2D eigenvalue weighted by molar-refractivity contribution is 0.956. The first kappa shape index (κ1) is 29.9. The van der Waals surface area contributed by atoms with Crippen molar-refractivity contribution in [3.63, 3.8) is 0 Å². The molecule has 0 atom stereocenters. The molecule has 0 saturated carbocycles. The van der Waals surface area contributed by atoms with Crippen LogP contribution in [0.15, 0.2) is 48.5 Å². The fraction of sp³-hybridized carbons (Fsp3) is 0.286. The van der Waals surface area contributed by atoms with E-state index >= 15 is 0 Å². The largest absolute Gasteiger partial charge is 0.397 e. The van der Waals surface area contributed by atoms with Gasteiger partial charge in [-0.05, 0) is 73.5 Å². The van der Waals surface area contributed by atoms with Crippen LogP contribution in [0.3, 0.4) is 0 Å². The molecule has 4 N–H and O–H groups in total.